The Kier molecular flexibility index (Phi) is 2.49. The molecule has 0 bridgehead atoms. The Bertz CT molecular complexity index is 604. The van der Waals surface area contributed by atoms with Crippen LogP contribution in [0.2, 0.25) is 0 Å². The first kappa shape index (κ1) is 12.0. The lowest BCUT2D eigenvalue weighted by atomic mass is 9.78. The first-order valence-electron chi connectivity index (χ1n) is 6.50. The molecule has 2 aromatic heterocycles. The number of fused-ring (bicyclic) bond motifs is 1. The number of rotatable bonds is 2. The van der Waals surface area contributed by atoms with Crippen LogP contribution in [0.4, 0.5) is 0 Å². The van der Waals surface area contributed by atoms with Crippen molar-refractivity contribution in [3.63, 3.8) is 0 Å². The van der Waals surface area contributed by atoms with Gasteiger partial charge in [-0.15, -0.1) is 11.6 Å². The maximum Gasteiger partial charge on any atom is 0.159 e. The SMILES string of the molecule is Cc1nn(C)c2c1nc(C(C)Cl)n2C1(C)CCC1. The summed E-state index contributed by atoms with van der Waals surface area (Å²) in [6.07, 6.45) is 3.67. The number of nitrogens with zero attached hydrogens (tertiary/aromatic N) is 4. The van der Waals surface area contributed by atoms with Gasteiger partial charge in [0.15, 0.2) is 5.65 Å². The summed E-state index contributed by atoms with van der Waals surface area (Å²) in [6, 6.07) is 0. The lowest BCUT2D eigenvalue weighted by molar-refractivity contribution is 0.167. The van der Waals surface area contributed by atoms with Crippen molar-refractivity contribution in [3.8, 4) is 0 Å². The molecule has 98 valence electrons. The third-order valence-electron chi connectivity index (χ3n) is 4.15. The van der Waals surface area contributed by atoms with Crippen LogP contribution < -0.4 is 0 Å². The third-order valence-corrected chi connectivity index (χ3v) is 4.35. The number of halogens is 1. The summed E-state index contributed by atoms with van der Waals surface area (Å²) in [4.78, 5) is 4.73. The van der Waals surface area contributed by atoms with Crippen molar-refractivity contribution in [1.82, 2.24) is 19.3 Å². The molecule has 0 spiro atoms. The fourth-order valence-electron chi connectivity index (χ4n) is 3.00. The number of aryl methyl sites for hydroxylation is 2. The van der Waals surface area contributed by atoms with Crippen molar-refractivity contribution < 1.29 is 0 Å². The molecule has 0 N–H and O–H groups in total. The van der Waals surface area contributed by atoms with Gasteiger partial charge in [0.2, 0.25) is 0 Å². The predicted molar refractivity (Wildman–Crippen MR) is 73.0 cm³/mol. The van der Waals surface area contributed by atoms with Gasteiger partial charge in [-0.25, -0.2) is 4.98 Å². The minimum atomic E-state index is -0.0748. The van der Waals surface area contributed by atoms with Crippen molar-refractivity contribution in [2.45, 2.75) is 50.9 Å². The van der Waals surface area contributed by atoms with Crippen LogP contribution >= 0.6 is 11.6 Å². The van der Waals surface area contributed by atoms with E-state index < -0.39 is 0 Å². The van der Waals surface area contributed by atoms with Crippen LogP contribution in [-0.4, -0.2) is 19.3 Å². The zero-order valence-corrected chi connectivity index (χ0v) is 12.1. The highest BCUT2D eigenvalue weighted by molar-refractivity contribution is 6.20. The Hall–Kier alpha value is -1.03. The molecule has 0 aliphatic heterocycles. The highest BCUT2D eigenvalue weighted by Crippen LogP contribution is 2.43. The van der Waals surface area contributed by atoms with Gasteiger partial charge in [-0.05, 0) is 40.0 Å². The molecule has 1 fully saturated rings. The zero-order valence-electron chi connectivity index (χ0n) is 11.4. The average Bonchev–Trinajstić information content (AvgIpc) is 2.76. The number of hydrogen-bond acceptors (Lipinski definition) is 2. The van der Waals surface area contributed by atoms with Crippen LogP contribution in [0.3, 0.4) is 0 Å². The largest absolute Gasteiger partial charge is 0.306 e. The second-order valence-electron chi connectivity index (χ2n) is 5.65. The van der Waals surface area contributed by atoms with Gasteiger partial charge in [0.05, 0.1) is 11.1 Å². The summed E-state index contributed by atoms with van der Waals surface area (Å²) < 4.78 is 4.26. The fraction of sp³-hybridized carbons (Fsp3) is 0.692. The molecule has 0 saturated heterocycles. The van der Waals surface area contributed by atoms with Gasteiger partial charge in [0, 0.05) is 12.6 Å². The van der Waals surface area contributed by atoms with Crippen molar-refractivity contribution in [2.24, 2.45) is 7.05 Å². The molecule has 4 nitrogen and oxygen atoms in total. The fourth-order valence-corrected chi connectivity index (χ4v) is 3.15. The molecular weight excluding hydrogens is 248 g/mol. The van der Waals surface area contributed by atoms with Gasteiger partial charge in [0.1, 0.15) is 11.3 Å². The van der Waals surface area contributed by atoms with Crippen LogP contribution in [0.25, 0.3) is 11.2 Å². The van der Waals surface area contributed by atoms with E-state index in [0.29, 0.717) is 0 Å². The molecule has 0 amide bonds. The average molecular weight is 267 g/mol. The second-order valence-corrected chi connectivity index (χ2v) is 6.31. The molecule has 3 rings (SSSR count). The number of hydrogen-bond donors (Lipinski definition) is 0. The van der Waals surface area contributed by atoms with Gasteiger partial charge < -0.3 is 4.57 Å². The lowest BCUT2D eigenvalue weighted by Gasteiger charge is -2.41. The molecule has 1 aliphatic carbocycles. The van der Waals surface area contributed by atoms with E-state index in [2.05, 4.69) is 16.6 Å². The third kappa shape index (κ3) is 1.44. The summed E-state index contributed by atoms with van der Waals surface area (Å²) in [6.45, 7) is 6.29. The van der Waals surface area contributed by atoms with E-state index in [-0.39, 0.29) is 10.9 Å². The van der Waals surface area contributed by atoms with Crippen molar-refractivity contribution in [1.29, 1.82) is 0 Å². The smallest absolute Gasteiger partial charge is 0.159 e. The Labute approximate surface area is 112 Å². The highest BCUT2D eigenvalue weighted by Gasteiger charge is 2.38. The standard InChI is InChI=1S/C13H19ClN4/c1-8(14)11-15-10-9(2)16-17(4)12(10)18(11)13(3)6-5-7-13/h8H,5-7H2,1-4H3. The quantitative estimate of drug-likeness (QED) is 0.782. The van der Waals surface area contributed by atoms with E-state index in [1.807, 2.05) is 25.6 Å². The Morgan fingerprint density at radius 2 is 2.06 bits per heavy atom. The van der Waals surface area contributed by atoms with E-state index in [0.717, 1.165) is 22.7 Å². The molecule has 1 unspecified atom stereocenters. The monoisotopic (exact) mass is 266 g/mol. The minimum absolute atomic E-state index is 0.0748. The molecule has 1 aliphatic rings. The van der Waals surface area contributed by atoms with Crippen molar-refractivity contribution in [3.05, 3.63) is 11.5 Å². The molecule has 2 heterocycles. The molecule has 0 aromatic carbocycles. The maximum atomic E-state index is 6.32. The lowest BCUT2D eigenvalue weighted by Crippen LogP contribution is -2.39. The van der Waals surface area contributed by atoms with E-state index in [1.165, 1.54) is 19.3 Å². The second kappa shape index (κ2) is 3.73. The summed E-state index contributed by atoms with van der Waals surface area (Å²) in [7, 11) is 1.98. The first-order chi connectivity index (χ1) is 8.44. The van der Waals surface area contributed by atoms with E-state index in [9.17, 15) is 0 Å². The highest BCUT2D eigenvalue weighted by atomic mass is 35.5. The molecule has 1 atom stereocenters. The summed E-state index contributed by atoms with van der Waals surface area (Å²) in [5.74, 6) is 0.977. The van der Waals surface area contributed by atoms with Crippen molar-refractivity contribution in [2.75, 3.05) is 0 Å². The van der Waals surface area contributed by atoms with Gasteiger partial charge in [-0.3, -0.25) is 4.68 Å². The first-order valence-corrected chi connectivity index (χ1v) is 6.94. The van der Waals surface area contributed by atoms with Crippen LogP contribution in [-0.2, 0) is 12.6 Å². The number of alkyl halides is 1. The molecule has 5 heteroatoms. The summed E-state index contributed by atoms with van der Waals surface area (Å²) >= 11 is 6.32. The molecular formula is C13H19ClN4. The topological polar surface area (TPSA) is 35.6 Å². The molecule has 1 saturated carbocycles. The zero-order chi connectivity index (χ0) is 13.1. The van der Waals surface area contributed by atoms with Gasteiger partial charge in [0.25, 0.3) is 0 Å². The minimum Gasteiger partial charge on any atom is -0.306 e. The van der Waals surface area contributed by atoms with Crippen LogP contribution in [0.5, 0.6) is 0 Å². The van der Waals surface area contributed by atoms with Gasteiger partial charge in [-0.2, -0.15) is 5.10 Å². The van der Waals surface area contributed by atoms with Crippen LogP contribution in [0.15, 0.2) is 0 Å². The Balaban J connectivity index is 2.34. The summed E-state index contributed by atoms with van der Waals surface area (Å²) in [5.41, 5.74) is 3.24. The van der Waals surface area contributed by atoms with E-state index >= 15 is 0 Å². The maximum absolute atomic E-state index is 6.32. The van der Waals surface area contributed by atoms with E-state index in [1.54, 1.807) is 0 Å². The van der Waals surface area contributed by atoms with Crippen LogP contribution in [0.1, 0.15) is 50.0 Å². The Morgan fingerprint density at radius 1 is 1.39 bits per heavy atom. The van der Waals surface area contributed by atoms with E-state index in [4.69, 9.17) is 16.6 Å². The molecule has 2 aromatic rings. The Morgan fingerprint density at radius 3 is 2.56 bits per heavy atom. The van der Waals surface area contributed by atoms with Gasteiger partial charge in [-0.1, -0.05) is 0 Å². The number of aromatic nitrogens is 4. The molecule has 0 radical (unpaired) electrons. The summed E-state index contributed by atoms with van der Waals surface area (Å²) in [5, 5.41) is 4.40. The predicted octanol–water partition coefficient (Wildman–Crippen LogP) is 3.28. The molecule has 18 heavy (non-hydrogen) atoms. The van der Waals surface area contributed by atoms with Crippen molar-refractivity contribution >= 4 is 22.8 Å². The normalized spacial score (nSPS) is 20.1. The number of imidazole rings is 1. The van der Waals surface area contributed by atoms with Gasteiger partial charge >= 0.3 is 0 Å². The van der Waals surface area contributed by atoms with Crippen LogP contribution in [0, 0.1) is 6.92 Å².